The number of thiol groups is 1. The summed E-state index contributed by atoms with van der Waals surface area (Å²) in [5, 5.41) is 0.730. The molecule has 0 spiro atoms. The first kappa shape index (κ1) is 14.0. The molecule has 0 radical (unpaired) electrons. The molecule has 100 valence electrons. The van der Waals surface area contributed by atoms with E-state index in [1.54, 1.807) is 18.0 Å². The largest absolute Gasteiger partial charge is 0.301 e. The van der Waals surface area contributed by atoms with E-state index in [0.29, 0.717) is 5.41 Å². The van der Waals surface area contributed by atoms with Crippen LogP contribution in [-0.4, -0.2) is 21.5 Å². The molecule has 1 fully saturated rings. The van der Waals surface area contributed by atoms with Gasteiger partial charge in [-0.25, -0.2) is 4.98 Å². The normalized spacial score (nSPS) is 19.4. The molecule has 0 aliphatic heterocycles. The third kappa shape index (κ3) is 3.79. The summed E-state index contributed by atoms with van der Waals surface area (Å²) in [7, 11) is 0. The van der Waals surface area contributed by atoms with Crippen LogP contribution in [0, 0.1) is 5.41 Å². The van der Waals surface area contributed by atoms with Crippen LogP contribution >= 0.6 is 24.4 Å². The standard InChI is InChI=1S/C13H20N2OS2/c16-11-5-8-14-12(15-11)18-10-13(9-17)6-3-1-2-4-7-13/h5,8,17H,1-4,6-7,9-10H2,(H,14,15,16). The van der Waals surface area contributed by atoms with Crippen LogP contribution in [-0.2, 0) is 0 Å². The van der Waals surface area contributed by atoms with Crippen LogP contribution < -0.4 is 5.56 Å². The van der Waals surface area contributed by atoms with Gasteiger partial charge in [0.05, 0.1) is 0 Å². The van der Waals surface area contributed by atoms with Gasteiger partial charge < -0.3 is 4.98 Å². The lowest BCUT2D eigenvalue weighted by Crippen LogP contribution is -2.25. The first-order chi connectivity index (χ1) is 8.74. The van der Waals surface area contributed by atoms with Crippen molar-refractivity contribution in [3.05, 3.63) is 22.6 Å². The first-order valence-corrected chi connectivity index (χ1v) is 8.15. The minimum Gasteiger partial charge on any atom is -0.301 e. The second-order valence-corrected chi connectivity index (χ2v) is 6.38. The molecule has 1 saturated carbocycles. The number of hydrogen-bond donors (Lipinski definition) is 2. The lowest BCUT2D eigenvalue weighted by molar-refractivity contribution is 0.332. The molecule has 1 aromatic heterocycles. The molecule has 18 heavy (non-hydrogen) atoms. The predicted molar refractivity (Wildman–Crippen MR) is 79.6 cm³/mol. The molecular formula is C13H20N2OS2. The quantitative estimate of drug-likeness (QED) is 0.386. The highest BCUT2D eigenvalue weighted by Crippen LogP contribution is 2.39. The van der Waals surface area contributed by atoms with E-state index in [0.717, 1.165) is 16.7 Å². The van der Waals surface area contributed by atoms with E-state index in [1.807, 2.05) is 0 Å². The smallest absolute Gasteiger partial charge is 0.251 e. The molecule has 5 heteroatoms. The zero-order chi connectivity index (χ0) is 12.8. The number of rotatable bonds is 4. The van der Waals surface area contributed by atoms with Gasteiger partial charge in [0.15, 0.2) is 5.16 Å². The molecule has 3 nitrogen and oxygen atoms in total. The Balaban J connectivity index is 1.99. The molecule has 1 N–H and O–H groups in total. The fraction of sp³-hybridized carbons (Fsp3) is 0.692. The van der Waals surface area contributed by atoms with Gasteiger partial charge in [-0.2, -0.15) is 12.6 Å². The van der Waals surface area contributed by atoms with Crippen molar-refractivity contribution in [2.45, 2.75) is 43.7 Å². The molecule has 0 unspecified atom stereocenters. The number of H-pyrrole nitrogens is 1. The van der Waals surface area contributed by atoms with Crippen molar-refractivity contribution in [2.75, 3.05) is 11.5 Å². The molecule has 0 aromatic carbocycles. The molecule has 0 amide bonds. The maximum atomic E-state index is 11.2. The van der Waals surface area contributed by atoms with Gasteiger partial charge in [-0.3, -0.25) is 4.79 Å². The first-order valence-electron chi connectivity index (χ1n) is 6.53. The van der Waals surface area contributed by atoms with Crippen LogP contribution in [0.4, 0.5) is 0 Å². The van der Waals surface area contributed by atoms with E-state index in [9.17, 15) is 4.79 Å². The molecule has 0 bridgehead atoms. The minimum atomic E-state index is -0.0757. The Morgan fingerprint density at radius 1 is 1.33 bits per heavy atom. The number of aromatic nitrogens is 2. The Labute approximate surface area is 118 Å². The highest BCUT2D eigenvalue weighted by Gasteiger charge is 2.29. The van der Waals surface area contributed by atoms with Crippen molar-refractivity contribution >= 4 is 24.4 Å². The zero-order valence-corrected chi connectivity index (χ0v) is 12.2. The van der Waals surface area contributed by atoms with Crippen LogP contribution in [0.25, 0.3) is 0 Å². The van der Waals surface area contributed by atoms with E-state index >= 15 is 0 Å². The fourth-order valence-electron chi connectivity index (χ4n) is 2.47. The van der Waals surface area contributed by atoms with Gasteiger partial charge in [0.1, 0.15) is 0 Å². The number of hydrogen-bond acceptors (Lipinski definition) is 4. The Morgan fingerprint density at radius 2 is 2.06 bits per heavy atom. The number of nitrogens with zero attached hydrogens (tertiary/aromatic N) is 1. The second-order valence-electron chi connectivity index (χ2n) is 5.10. The Morgan fingerprint density at radius 3 is 2.67 bits per heavy atom. The average molecular weight is 284 g/mol. The SMILES string of the molecule is O=c1ccnc(SCC2(CS)CCCCCC2)[nH]1. The summed E-state index contributed by atoms with van der Waals surface area (Å²) in [6, 6.07) is 1.45. The van der Waals surface area contributed by atoms with Crippen LogP contribution in [0.3, 0.4) is 0 Å². The number of aromatic amines is 1. The summed E-state index contributed by atoms with van der Waals surface area (Å²) >= 11 is 6.22. The highest BCUT2D eigenvalue weighted by molar-refractivity contribution is 7.99. The molecule has 0 atom stereocenters. The maximum Gasteiger partial charge on any atom is 0.251 e. The van der Waals surface area contributed by atoms with Crippen LogP contribution in [0.5, 0.6) is 0 Å². The molecule has 1 aliphatic carbocycles. The highest BCUT2D eigenvalue weighted by atomic mass is 32.2. The summed E-state index contributed by atoms with van der Waals surface area (Å²) in [4.78, 5) is 18.2. The van der Waals surface area contributed by atoms with Gasteiger partial charge in [0.25, 0.3) is 5.56 Å². The Hall–Kier alpha value is -0.420. The molecule has 0 saturated heterocycles. The van der Waals surface area contributed by atoms with E-state index in [1.165, 1.54) is 44.6 Å². The number of nitrogens with one attached hydrogen (secondary N) is 1. The van der Waals surface area contributed by atoms with Crippen LogP contribution in [0.2, 0.25) is 0 Å². The molecular weight excluding hydrogens is 264 g/mol. The third-order valence-corrected chi connectivity index (χ3v) is 5.57. The summed E-state index contributed by atoms with van der Waals surface area (Å²) in [6.45, 7) is 0. The van der Waals surface area contributed by atoms with Crippen molar-refractivity contribution in [1.29, 1.82) is 0 Å². The van der Waals surface area contributed by atoms with Gasteiger partial charge in [-0.15, -0.1) is 0 Å². The Kier molecular flexibility index (Phi) is 5.18. The van der Waals surface area contributed by atoms with E-state index in [2.05, 4.69) is 22.6 Å². The topological polar surface area (TPSA) is 45.8 Å². The molecule has 1 aliphatic rings. The molecule has 1 aromatic rings. The van der Waals surface area contributed by atoms with Crippen LogP contribution in [0.1, 0.15) is 38.5 Å². The van der Waals surface area contributed by atoms with Gasteiger partial charge in [-0.05, 0) is 24.0 Å². The summed E-state index contributed by atoms with van der Waals surface area (Å²) in [5.41, 5.74) is 0.242. The predicted octanol–water partition coefficient (Wildman–Crippen LogP) is 3.13. The monoisotopic (exact) mass is 284 g/mol. The van der Waals surface area contributed by atoms with Gasteiger partial charge in [0.2, 0.25) is 0 Å². The molecule has 1 heterocycles. The van der Waals surface area contributed by atoms with Crippen molar-refractivity contribution in [1.82, 2.24) is 9.97 Å². The third-order valence-electron chi connectivity index (χ3n) is 3.66. The summed E-state index contributed by atoms with van der Waals surface area (Å²) in [5.74, 6) is 1.93. The second kappa shape index (κ2) is 6.66. The van der Waals surface area contributed by atoms with E-state index in [4.69, 9.17) is 0 Å². The minimum absolute atomic E-state index is 0.0757. The van der Waals surface area contributed by atoms with Gasteiger partial charge in [0, 0.05) is 18.0 Å². The van der Waals surface area contributed by atoms with E-state index < -0.39 is 0 Å². The number of thioether (sulfide) groups is 1. The van der Waals surface area contributed by atoms with Crippen LogP contribution in [0.15, 0.2) is 22.2 Å². The lowest BCUT2D eigenvalue weighted by atomic mass is 9.84. The summed E-state index contributed by atoms with van der Waals surface area (Å²) < 4.78 is 0. The lowest BCUT2D eigenvalue weighted by Gasteiger charge is -2.30. The van der Waals surface area contributed by atoms with E-state index in [-0.39, 0.29) is 5.56 Å². The van der Waals surface area contributed by atoms with Crippen molar-refractivity contribution in [3.8, 4) is 0 Å². The van der Waals surface area contributed by atoms with Gasteiger partial charge >= 0.3 is 0 Å². The molecule has 2 rings (SSSR count). The average Bonchev–Trinajstić information content (AvgIpc) is 2.63. The maximum absolute atomic E-state index is 11.2. The zero-order valence-electron chi connectivity index (χ0n) is 10.5. The van der Waals surface area contributed by atoms with Crippen molar-refractivity contribution in [3.63, 3.8) is 0 Å². The fourth-order valence-corrected chi connectivity index (χ4v) is 4.19. The Bertz CT molecular complexity index is 425. The van der Waals surface area contributed by atoms with Crippen molar-refractivity contribution in [2.24, 2.45) is 5.41 Å². The summed E-state index contributed by atoms with van der Waals surface area (Å²) in [6.07, 6.45) is 9.38. The van der Waals surface area contributed by atoms with Crippen molar-refractivity contribution < 1.29 is 0 Å². The van der Waals surface area contributed by atoms with Gasteiger partial charge in [-0.1, -0.05) is 37.4 Å².